The van der Waals surface area contributed by atoms with Crippen molar-refractivity contribution in [1.29, 1.82) is 0 Å². The Morgan fingerprint density at radius 3 is 2.41 bits per heavy atom. The molecule has 2 aromatic carbocycles. The molecular weight excluding hydrogens is 396 g/mol. The number of aryl methyl sites for hydroxylation is 1. The molecule has 5 nitrogen and oxygen atoms in total. The van der Waals surface area contributed by atoms with Crippen LogP contribution in [0.1, 0.15) is 24.0 Å². The predicted octanol–water partition coefficient (Wildman–Crippen LogP) is 4.48. The van der Waals surface area contributed by atoms with Gasteiger partial charge in [-0.15, -0.1) is 0 Å². The highest BCUT2D eigenvalue weighted by Gasteiger charge is 2.21. The molecule has 0 unspecified atom stereocenters. The van der Waals surface area contributed by atoms with Crippen molar-refractivity contribution in [2.75, 3.05) is 40.3 Å². The molecular formula is C27H36N4O. The first-order chi connectivity index (χ1) is 15.6. The van der Waals surface area contributed by atoms with Gasteiger partial charge in [0.25, 0.3) is 0 Å². The molecule has 1 fully saturated rings. The second kappa shape index (κ2) is 10.8. The SMILES string of the molecule is COc1ccc(CCN(Cc2cn(C)nc2-c2ccccc2)CC2CCN(C)CC2)cc1. The molecule has 1 aliphatic heterocycles. The highest BCUT2D eigenvalue weighted by molar-refractivity contribution is 5.62. The van der Waals surface area contributed by atoms with Crippen LogP contribution in [0.3, 0.4) is 0 Å². The third-order valence-corrected chi connectivity index (χ3v) is 6.58. The van der Waals surface area contributed by atoms with E-state index in [4.69, 9.17) is 9.84 Å². The number of nitrogens with zero attached hydrogens (tertiary/aromatic N) is 4. The second-order valence-corrected chi connectivity index (χ2v) is 9.12. The highest BCUT2D eigenvalue weighted by atomic mass is 16.5. The molecule has 0 atom stereocenters. The van der Waals surface area contributed by atoms with Gasteiger partial charge in [0.05, 0.1) is 12.8 Å². The van der Waals surface area contributed by atoms with Crippen molar-refractivity contribution in [3.05, 3.63) is 71.9 Å². The third-order valence-electron chi connectivity index (χ3n) is 6.58. The molecule has 5 heteroatoms. The smallest absolute Gasteiger partial charge is 0.118 e. The van der Waals surface area contributed by atoms with Gasteiger partial charge in [-0.05, 0) is 63.0 Å². The van der Waals surface area contributed by atoms with Gasteiger partial charge in [0.2, 0.25) is 0 Å². The van der Waals surface area contributed by atoms with Gasteiger partial charge in [0.1, 0.15) is 5.75 Å². The summed E-state index contributed by atoms with van der Waals surface area (Å²) in [6.45, 7) is 5.54. The van der Waals surface area contributed by atoms with E-state index < -0.39 is 0 Å². The largest absolute Gasteiger partial charge is 0.497 e. The number of rotatable bonds is 9. The topological polar surface area (TPSA) is 33.5 Å². The van der Waals surface area contributed by atoms with Gasteiger partial charge in [-0.3, -0.25) is 9.58 Å². The van der Waals surface area contributed by atoms with Crippen molar-refractivity contribution in [2.24, 2.45) is 13.0 Å². The number of piperidine rings is 1. The van der Waals surface area contributed by atoms with Crippen molar-refractivity contribution >= 4 is 0 Å². The summed E-state index contributed by atoms with van der Waals surface area (Å²) in [4.78, 5) is 5.09. The lowest BCUT2D eigenvalue weighted by atomic mass is 9.96. The Labute approximate surface area is 192 Å². The van der Waals surface area contributed by atoms with Crippen molar-refractivity contribution in [3.63, 3.8) is 0 Å². The minimum Gasteiger partial charge on any atom is -0.497 e. The molecule has 1 saturated heterocycles. The lowest BCUT2D eigenvalue weighted by Gasteiger charge is -2.33. The first-order valence-electron chi connectivity index (χ1n) is 11.7. The fourth-order valence-electron chi connectivity index (χ4n) is 4.66. The van der Waals surface area contributed by atoms with E-state index >= 15 is 0 Å². The molecule has 3 aromatic rings. The molecule has 0 amide bonds. The maximum absolute atomic E-state index is 5.32. The number of aromatic nitrogens is 2. The van der Waals surface area contributed by atoms with E-state index in [9.17, 15) is 0 Å². The maximum atomic E-state index is 5.32. The number of ether oxygens (including phenoxy) is 1. The molecule has 0 N–H and O–H groups in total. The third kappa shape index (κ3) is 5.99. The minimum atomic E-state index is 0.763. The quantitative estimate of drug-likeness (QED) is 0.499. The molecule has 0 radical (unpaired) electrons. The van der Waals surface area contributed by atoms with Crippen molar-refractivity contribution < 1.29 is 4.74 Å². The van der Waals surface area contributed by atoms with Crippen LogP contribution in [0.2, 0.25) is 0 Å². The molecule has 32 heavy (non-hydrogen) atoms. The molecule has 0 bridgehead atoms. The Bertz CT molecular complexity index is 959. The standard InChI is InChI=1S/C27H36N4O/c1-29-16-13-23(14-17-29)19-31(18-15-22-9-11-26(32-3)12-10-22)21-25-20-30(2)28-27(25)24-7-5-4-6-8-24/h4-12,20,23H,13-19,21H2,1-3H3. The zero-order chi connectivity index (χ0) is 22.3. The fraction of sp³-hybridized carbons (Fsp3) is 0.444. The van der Waals surface area contributed by atoms with E-state index in [-0.39, 0.29) is 0 Å². The molecule has 0 spiro atoms. The summed E-state index contributed by atoms with van der Waals surface area (Å²) in [6, 6.07) is 19.1. The van der Waals surface area contributed by atoms with Crippen LogP contribution in [0.25, 0.3) is 11.3 Å². The van der Waals surface area contributed by atoms with Crippen molar-refractivity contribution in [2.45, 2.75) is 25.8 Å². The van der Waals surface area contributed by atoms with Crippen LogP contribution in [-0.4, -0.2) is 59.9 Å². The van der Waals surface area contributed by atoms with Gasteiger partial charge in [-0.2, -0.15) is 5.10 Å². The zero-order valence-corrected chi connectivity index (χ0v) is 19.7. The summed E-state index contributed by atoms with van der Waals surface area (Å²) < 4.78 is 7.27. The molecule has 0 aliphatic carbocycles. The first-order valence-corrected chi connectivity index (χ1v) is 11.7. The Balaban J connectivity index is 1.49. The monoisotopic (exact) mass is 432 g/mol. The van der Waals surface area contributed by atoms with Gasteiger partial charge >= 0.3 is 0 Å². The van der Waals surface area contributed by atoms with Crippen LogP contribution in [0, 0.1) is 5.92 Å². The maximum Gasteiger partial charge on any atom is 0.118 e. The Kier molecular flexibility index (Phi) is 7.61. The van der Waals surface area contributed by atoms with Gasteiger partial charge < -0.3 is 9.64 Å². The van der Waals surface area contributed by atoms with E-state index in [0.29, 0.717) is 0 Å². The average Bonchev–Trinajstić information content (AvgIpc) is 3.19. The highest BCUT2D eigenvalue weighted by Crippen LogP contribution is 2.25. The van der Waals surface area contributed by atoms with Gasteiger partial charge in [-0.25, -0.2) is 0 Å². The van der Waals surface area contributed by atoms with Gasteiger partial charge in [0, 0.05) is 44.0 Å². The molecule has 4 rings (SSSR count). The Morgan fingerprint density at radius 2 is 1.72 bits per heavy atom. The van der Waals surface area contributed by atoms with E-state index in [2.05, 4.69) is 77.6 Å². The Hall–Kier alpha value is -2.63. The molecule has 0 saturated carbocycles. The number of hydrogen-bond donors (Lipinski definition) is 0. The van der Waals surface area contributed by atoms with Crippen LogP contribution in [0.5, 0.6) is 5.75 Å². The Morgan fingerprint density at radius 1 is 1.00 bits per heavy atom. The minimum absolute atomic E-state index is 0.763. The van der Waals surface area contributed by atoms with Crippen molar-refractivity contribution in [3.8, 4) is 17.0 Å². The summed E-state index contributed by atoms with van der Waals surface area (Å²) in [6.07, 6.45) is 5.80. The van der Waals surface area contributed by atoms with Crippen LogP contribution in [-0.2, 0) is 20.0 Å². The van der Waals surface area contributed by atoms with E-state index in [1.807, 2.05) is 11.7 Å². The van der Waals surface area contributed by atoms with Gasteiger partial charge in [0.15, 0.2) is 0 Å². The van der Waals surface area contributed by atoms with Crippen molar-refractivity contribution in [1.82, 2.24) is 19.6 Å². The number of methoxy groups -OCH3 is 1. The predicted molar refractivity (Wildman–Crippen MR) is 131 cm³/mol. The fourth-order valence-corrected chi connectivity index (χ4v) is 4.66. The van der Waals surface area contributed by atoms with Crippen LogP contribution in [0.15, 0.2) is 60.8 Å². The van der Waals surface area contributed by atoms with E-state index in [0.717, 1.165) is 43.4 Å². The summed E-state index contributed by atoms with van der Waals surface area (Å²) in [5.74, 6) is 1.68. The average molecular weight is 433 g/mol. The lowest BCUT2D eigenvalue weighted by Crippen LogP contribution is -2.37. The normalized spacial score (nSPS) is 15.4. The molecule has 170 valence electrons. The van der Waals surface area contributed by atoms with Crippen LogP contribution in [0.4, 0.5) is 0 Å². The first kappa shape index (κ1) is 22.6. The summed E-state index contributed by atoms with van der Waals surface area (Å²) >= 11 is 0. The molecule has 1 aromatic heterocycles. The van der Waals surface area contributed by atoms with E-state index in [1.165, 1.54) is 42.6 Å². The molecule has 2 heterocycles. The number of likely N-dealkylation sites (tertiary alicyclic amines) is 1. The molecule has 1 aliphatic rings. The van der Waals surface area contributed by atoms with Gasteiger partial charge in [-0.1, -0.05) is 42.5 Å². The number of benzene rings is 2. The zero-order valence-electron chi connectivity index (χ0n) is 19.7. The summed E-state index contributed by atoms with van der Waals surface area (Å²) in [5.41, 5.74) is 4.96. The van der Waals surface area contributed by atoms with Crippen LogP contribution >= 0.6 is 0 Å². The van der Waals surface area contributed by atoms with E-state index in [1.54, 1.807) is 7.11 Å². The second-order valence-electron chi connectivity index (χ2n) is 9.12. The summed E-state index contributed by atoms with van der Waals surface area (Å²) in [5, 5.41) is 4.80. The number of hydrogen-bond acceptors (Lipinski definition) is 4. The lowest BCUT2D eigenvalue weighted by molar-refractivity contribution is 0.157. The summed E-state index contributed by atoms with van der Waals surface area (Å²) in [7, 11) is 5.98. The van der Waals surface area contributed by atoms with Crippen LogP contribution < -0.4 is 4.74 Å².